The van der Waals surface area contributed by atoms with Gasteiger partial charge in [0.2, 0.25) is 0 Å². The molecule has 55 valence electrons. The fraction of sp³-hybridized carbons (Fsp3) is 0.625. The van der Waals surface area contributed by atoms with Crippen molar-refractivity contribution in [2.45, 2.75) is 32.7 Å². The van der Waals surface area contributed by atoms with Crippen LogP contribution in [0.4, 0.5) is 0 Å². The molecule has 0 saturated carbocycles. The van der Waals surface area contributed by atoms with Gasteiger partial charge in [0.05, 0.1) is 6.20 Å². The molecule has 0 bridgehead atoms. The van der Waals surface area contributed by atoms with Gasteiger partial charge in [-0.2, -0.15) is 5.10 Å². The molecule has 2 heteroatoms. The van der Waals surface area contributed by atoms with Crippen molar-refractivity contribution in [2.75, 3.05) is 0 Å². The third-order valence-corrected chi connectivity index (χ3v) is 1.63. The molecule has 0 spiro atoms. The van der Waals surface area contributed by atoms with Crippen LogP contribution in [0, 0.1) is 6.07 Å². The second-order valence-electron chi connectivity index (χ2n) is 2.56. The summed E-state index contributed by atoms with van der Waals surface area (Å²) in [6, 6.07) is 3.45. The van der Waals surface area contributed by atoms with Gasteiger partial charge in [0.25, 0.3) is 0 Å². The fourth-order valence-corrected chi connectivity index (χ4v) is 1.03. The number of rotatable bonds is 3. The third kappa shape index (κ3) is 1.59. The van der Waals surface area contributed by atoms with Gasteiger partial charge in [-0.05, 0) is 13.3 Å². The molecule has 1 aromatic heterocycles. The zero-order valence-corrected chi connectivity index (χ0v) is 6.54. The summed E-state index contributed by atoms with van der Waals surface area (Å²) in [6.45, 7) is 4.36. The first-order chi connectivity index (χ1) is 4.84. The smallest absolute Gasteiger partial charge is 0.0569 e. The second-order valence-corrected chi connectivity index (χ2v) is 2.56. The van der Waals surface area contributed by atoms with Gasteiger partial charge in [-0.15, -0.1) is 0 Å². The second kappa shape index (κ2) is 3.40. The van der Waals surface area contributed by atoms with Crippen LogP contribution in [-0.4, -0.2) is 9.78 Å². The van der Waals surface area contributed by atoms with Crippen LogP contribution in [0.5, 0.6) is 0 Å². The molecule has 0 aliphatic rings. The maximum absolute atomic E-state index is 4.10. The molecule has 1 rings (SSSR count). The molecular weight excluding hydrogens is 124 g/mol. The van der Waals surface area contributed by atoms with Gasteiger partial charge in [0.1, 0.15) is 0 Å². The number of hydrogen-bond acceptors (Lipinski definition) is 1. The standard InChI is InChI=1S/C8H13N2/c1-3-5-8(2)10-7-4-6-9-10/h6-8H,3,5H2,1-2H3. The SMILES string of the molecule is CCCC(C)n1c[c]cn1. The summed E-state index contributed by atoms with van der Waals surface area (Å²) in [4.78, 5) is 0. The first-order valence-corrected chi connectivity index (χ1v) is 3.74. The Morgan fingerprint density at radius 1 is 1.70 bits per heavy atom. The van der Waals surface area contributed by atoms with Crippen molar-refractivity contribution in [1.82, 2.24) is 9.78 Å². The summed E-state index contributed by atoms with van der Waals surface area (Å²) in [7, 11) is 0. The minimum Gasteiger partial charge on any atom is -0.269 e. The third-order valence-electron chi connectivity index (χ3n) is 1.63. The van der Waals surface area contributed by atoms with E-state index in [1.807, 2.05) is 10.9 Å². The Morgan fingerprint density at radius 3 is 3.00 bits per heavy atom. The largest absolute Gasteiger partial charge is 0.269 e. The minimum absolute atomic E-state index is 0.524. The highest BCUT2D eigenvalue weighted by Crippen LogP contribution is 2.09. The van der Waals surface area contributed by atoms with E-state index < -0.39 is 0 Å². The van der Waals surface area contributed by atoms with Gasteiger partial charge >= 0.3 is 0 Å². The summed E-state index contributed by atoms with van der Waals surface area (Å²) >= 11 is 0. The zero-order chi connectivity index (χ0) is 7.40. The average Bonchev–Trinajstić information content (AvgIpc) is 2.38. The quantitative estimate of drug-likeness (QED) is 0.623. The van der Waals surface area contributed by atoms with E-state index in [1.165, 1.54) is 12.8 Å². The molecule has 1 heterocycles. The molecule has 2 nitrogen and oxygen atoms in total. The number of hydrogen-bond donors (Lipinski definition) is 0. The predicted molar refractivity (Wildman–Crippen MR) is 40.7 cm³/mol. The van der Waals surface area contributed by atoms with Crippen LogP contribution in [-0.2, 0) is 0 Å². The van der Waals surface area contributed by atoms with Crippen molar-refractivity contribution in [2.24, 2.45) is 0 Å². The Labute approximate surface area is 61.9 Å². The van der Waals surface area contributed by atoms with Crippen LogP contribution in [0.2, 0.25) is 0 Å². The first-order valence-electron chi connectivity index (χ1n) is 3.74. The summed E-state index contributed by atoms with van der Waals surface area (Å²) in [5.41, 5.74) is 0. The molecular formula is C8H13N2. The Morgan fingerprint density at radius 2 is 2.50 bits per heavy atom. The predicted octanol–water partition coefficient (Wildman–Crippen LogP) is 2.04. The van der Waals surface area contributed by atoms with Gasteiger partial charge in [0, 0.05) is 18.3 Å². The number of aromatic nitrogens is 2. The van der Waals surface area contributed by atoms with E-state index in [2.05, 4.69) is 25.0 Å². The van der Waals surface area contributed by atoms with Crippen LogP contribution < -0.4 is 0 Å². The van der Waals surface area contributed by atoms with Crippen LogP contribution in [0.1, 0.15) is 32.7 Å². The molecule has 10 heavy (non-hydrogen) atoms. The first kappa shape index (κ1) is 7.32. The van der Waals surface area contributed by atoms with Crippen molar-refractivity contribution >= 4 is 0 Å². The van der Waals surface area contributed by atoms with Gasteiger partial charge in [-0.25, -0.2) is 0 Å². The lowest BCUT2D eigenvalue weighted by molar-refractivity contribution is 0.455. The van der Waals surface area contributed by atoms with E-state index in [0.717, 1.165) is 0 Å². The van der Waals surface area contributed by atoms with Crippen LogP contribution in [0.15, 0.2) is 12.4 Å². The lowest BCUT2D eigenvalue weighted by Crippen LogP contribution is -2.04. The molecule has 0 fully saturated rings. The Bertz CT molecular complexity index is 167. The summed E-state index contributed by atoms with van der Waals surface area (Å²) in [5, 5.41) is 4.10. The lowest BCUT2D eigenvalue weighted by atomic mass is 10.2. The van der Waals surface area contributed by atoms with E-state index in [1.54, 1.807) is 6.20 Å². The molecule has 1 unspecified atom stereocenters. The van der Waals surface area contributed by atoms with Gasteiger partial charge in [-0.1, -0.05) is 13.3 Å². The van der Waals surface area contributed by atoms with Crippen LogP contribution >= 0.6 is 0 Å². The van der Waals surface area contributed by atoms with Crippen molar-refractivity contribution in [3.63, 3.8) is 0 Å². The highest BCUT2D eigenvalue weighted by Gasteiger charge is 2.00. The van der Waals surface area contributed by atoms with Crippen molar-refractivity contribution in [3.05, 3.63) is 18.5 Å². The van der Waals surface area contributed by atoms with Crippen molar-refractivity contribution in [3.8, 4) is 0 Å². The molecule has 1 radical (unpaired) electrons. The van der Waals surface area contributed by atoms with Gasteiger partial charge < -0.3 is 0 Å². The highest BCUT2D eigenvalue weighted by molar-refractivity contribution is 4.77. The van der Waals surface area contributed by atoms with Gasteiger partial charge in [0.15, 0.2) is 0 Å². The van der Waals surface area contributed by atoms with Crippen LogP contribution in [0.3, 0.4) is 0 Å². The molecule has 0 saturated heterocycles. The van der Waals surface area contributed by atoms with E-state index in [9.17, 15) is 0 Å². The summed E-state index contributed by atoms with van der Waals surface area (Å²) in [5.74, 6) is 0. The van der Waals surface area contributed by atoms with E-state index in [-0.39, 0.29) is 0 Å². The minimum atomic E-state index is 0.524. The maximum atomic E-state index is 4.10. The van der Waals surface area contributed by atoms with E-state index in [0.29, 0.717) is 6.04 Å². The van der Waals surface area contributed by atoms with Gasteiger partial charge in [-0.3, -0.25) is 4.68 Å². The maximum Gasteiger partial charge on any atom is 0.0569 e. The molecule has 0 aromatic carbocycles. The normalized spacial score (nSPS) is 13.4. The topological polar surface area (TPSA) is 17.8 Å². The molecule has 1 aromatic rings. The molecule has 0 aliphatic carbocycles. The van der Waals surface area contributed by atoms with Crippen molar-refractivity contribution < 1.29 is 0 Å². The summed E-state index contributed by atoms with van der Waals surface area (Å²) in [6.07, 6.45) is 5.99. The van der Waals surface area contributed by atoms with E-state index in [4.69, 9.17) is 0 Å². The number of nitrogens with zero attached hydrogens (tertiary/aromatic N) is 2. The van der Waals surface area contributed by atoms with Crippen molar-refractivity contribution in [1.29, 1.82) is 0 Å². The Hall–Kier alpha value is -0.790. The van der Waals surface area contributed by atoms with E-state index >= 15 is 0 Å². The van der Waals surface area contributed by atoms with Crippen LogP contribution in [0.25, 0.3) is 0 Å². The average molecular weight is 137 g/mol. The summed E-state index contributed by atoms with van der Waals surface area (Å²) < 4.78 is 1.95. The Kier molecular flexibility index (Phi) is 2.49. The molecule has 0 aliphatic heterocycles. The molecule has 0 amide bonds. The Balaban J connectivity index is 2.50. The highest BCUT2D eigenvalue weighted by atomic mass is 15.3. The lowest BCUT2D eigenvalue weighted by Gasteiger charge is -2.09. The fourth-order valence-electron chi connectivity index (χ4n) is 1.03. The zero-order valence-electron chi connectivity index (χ0n) is 6.54. The molecule has 0 N–H and O–H groups in total. The monoisotopic (exact) mass is 137 g/mol. The molecule has 1 atom stereocenters.